The largest absolute Gasteiger partial charge is 0.478 e. The number of aromatic carboxylic acids is 1. The van der Waals surface area contributed by atoms with Crippen molar-refractivity contribution in [2.45, 2.75) is 6.92 Å². The van der Waals surface area contributed by atoms with Crippen LogP contribution in [0.25, 0.3) is 22.4 Å². The molecule has 0 aliphatic carbocycles. The molecule has 2 aromatic carbocycles. The number of carboxylic acid groups (broad SMARTS) is 1. The van der Waals surface area contributed by atoms with E-state index in [2.05, 4.69) is 0 Å². The molecule has 0 spiro atoms. The minimum Gasteiger partial charge on any atom is -0.478 e. The van der Waals surface area contributed by atoms with Crippen LogP contribution in [-0.2, 0) is 0 Å². The van der Waals surface area contributed by atoms with Crippen LogP contribution in [0.4, 0.5) is 0 Å². The summed E-state index contributed by atoms with van der Waals surface area (Å²) in [5.74, 6) is -2.00. The van der Waals surface area contributed by atoms with E-state index in [9.17, 15) is 19.5 Å². The SMILES string of the molecule is CC(=O)n1c(-c2ccc(-c3ccccc3)cc2)cc(C(=O)O)c(C#N)c1=O. The van der Waals surface area contributed by atoms with Crippen LogP contribution in [0, 0.1) is 11.3 Å². The van der Waals surface area contributed by atoms with Gasteiger partial charge in [0.1, 0.15) is 11.6 Å². The highest BCUT2D eigenvalue weighted by molar-refractivity contribution is 5.93. The summed E-state index contributed by atoms with van der Waals surface area (Å²) < 4.78 is 0.822. The quantitative estimate of drug-likeness (QED) is 0.773. The van der Waals surface area contributed by atoms with Gasteiger partial charge in [-0.3, -0.25) is 9.59 Å². The number of carbonyl (C=O) groups is 2. The summed E-state index contributed by atoms with van der Waals surface area (Å²) in [6.45, 7) is 1.19. The highest BCUT2D eigenvalue weighted by Crippen LogP contribution is 2.25. The first kappa shape index (κ1) is 17.8. The minimum absolute atomic E-state index is 0.128. The minimum atomic E-state index is -1.40. The van der Waals surface area contributed by atoms with E-state index in [1.807, 2.05) is 42.5 Å². The lowest BCUT2D eigenvalue weighted by Crippen LogP contribution is -2.30. The van der Waals surface area contributed by atoms with Crippen molar-refractivity contribution < 1.29 is 14.7 Å². The number of carbonyl (C=O) groups excluding carboxylic acids is 1. The van der Waals surface area contributed by atoms with Crippen LogP contribution >= 0.6 is 0 Å². The van der Waals surface area contributed by atoms with E-state index in [0.717, 1.165) is 15.7 Å². The average Bonchev–Trinajstić information content (AvgIpc) is 2.67. The summed E-state index contributed by atoms with van der Waals surface area (Å²) in [4.78, 5) is 36.0. The highest BCUT2D eigenvalue weighted by atomic mass is 16.4. The molecule has 0 radical (unpaired) electrons. The van der Waals surface area contributed by atoms with E-state index < -0.39 is 28.6 Å². The van der Waals surface area contributed by atoms with Gasteiger partial charge in [-0.2, -0.15) is 5.26 Å². The maximum atomic E-state index is 12.5. The Morgan fingerprint density at radius 2 is 1.52 bits per heavy atom. The molecule has 0 atom stereocenters. The van der Waals surface area contributed by atoms with E-state index in [-0.39, 0.29) is 5.69 Å². The molecule has 0 fully saturated rings. The molecule has 0 bridgehead atoms. The molecule has 132 valence electrons. The summed E-state index contributed by atoms with van der Waals surface area (Å²) in [5, 5.41) is 18.5. The van der Waals surface area contributed by atoms with Gasteiger partial charge in [-0.15, -0.1) is 0 Å². The number of nitriles is 1. The number of hydrogen-bond acceptors (Lipinski definition) is 4. The highest BCUT2D eigenvalue weighted by Gasteiger charge is 2.21. The second-order valence-corrected chi connectivity index (χ2v) is 5.84. The Morgan fingerprint density at radius 3 is 2.04 bits per heavy atom. The smallest absolute Gasteiger partial charge is 0.337 e. The molecule has 0 unspecified atom stereocenters. The molecule has 27 heavy (non-hydrogen) atoms. The van der Waals surface area contributed by atoms with Gasteiger partial charge in [-0.25, -0.2) is 9.36 Å². The molecular weight excluding hydrogens is 344 g/mol. The first-order valence-electron chi connectivity index (χ1n) is 8.04. The second-order valence-electron chi connectivity index (χ2n) is 5.84. The monoisotopic (exact) mass is 358 g/mol. The second kappa shape index (κ2) is 7.10. The van der Waals surface area contributed by atoms with Gasteiger partial charge in [-0.1, -0.05) is 54.6 Å². The predicted molar refractivity (Wildman–Crippen MR) is 99.5 cm³/mol. The maximum absolute atomic E-state index is 12.5. The molecule has 0 saturated heterocycles. The molecule has 1 N–H and O–H groups in total. The fraction of sp³-hybridized carbons (Fsp3) is 0.0476. The summed E-state index contributed by atoms with van der Waals surface area (Å²) in [7, 11) is 0. The lowest BCUT2D eigenvalue weighted by atomic mass is 10.0. The Kier molecular flexibility index (Phi) is 4.69. The van der Waals surface area contributed by atoms with E-state index >= 15 is 0 Å². The third-order valence-electron chi connectivity index (χ3n) is 4.15. The van der Waals surface area contributed by atoms with Gasteiger partial charge in [-0.05, 0) is 22.8 Å². The number of hydrogen-bond donors (Lipinski definition) is 1. The van der Waals surface area contributed by atoms with Gasteiger partial charge in [0.25, 0.3) is 5.56 Å². The van der Waals surface area contributed by atoms with Crippen molar-refractivity contribution in [2.24, 2.45) is 0 Å². The molecule has 0 aliphatic heterocycles. The predicted octanol–water partition coefficient (Wildman–Crippen LogP) is 3.41. The van der Waals surface area contributed by atoms with Crippen molar-refractivity contribution in [2.75, 3.05) is 0 Å². The zero-order valence-corrected chi connectivity index (χ0v) is 14.3. The van der Waals surface area contributed by atoms with E-state index in [1.165, 1.54) is 13.0 Å². The zero-order valence-electron chi connectivity index (χ0n) is 14.3. The third-order valence-corrected chi connectivity index (χ3v) is 4.15. The Labute approximate surface area is 154 Å². The van der Waals surface area contributed by atoms with Crippen LogP contribution in [0.3, 0.4) is 0 Å². The molecule has 0 amide bonds. The summed E-state index contributed by atoms with van der Waals surface area (Å²) in [6.07, 6.45) is 0. The molecule has 0 saturated carbocycles. The Balaban J connectivity index is 2.22. The molecule has 0 aliphatic rings. The average molecular weight is 358 g/mol. The molecule has 1 aromatic heterocycles. The lowest BCUT2D eigenvalue weighted by Gasteiger charge is -2.13. The van der Waals surface area contributed by atoms with Crippen molar-refractivity contribution in [3.8, 4) is 28.5 Å². The Bertz CT molecular complexity index is 1140. The third kappa shape index (κ3) is 3.26. The number of rotatable bonds is 3. The fourth-order valence-corrected chi connectivity index (χ4v) is 2.88. The first-order valence-corrected chi connectivity index (χ1v) is 8.04. The number of aromatic nitrogens is 1. The normalized spacial score (nSPS) is 10.2. The van der Waals surface area contributed by atoms with E-state index in [4.69, 9.17) is 5.26 Å². The standard InChI is InChI=1S/C21H14N2O4/c1-13(24)23-19(11-17(21(26)27)18(12-22)20(23)25)16-9-7-15(8-10-16)14-5-3-2-4-6-14/h2-11H,1H3,(H,26,27). The van der Waals surface area contributed by atoms with Crippen LogP contribution in [0.15, 0.2) is 65.5 Å². The van der Waals surface area contributed by atoms with Gasteiger partial charge in [0.15, 0.2) is 0 Å². The fourth-order valence-electron chi connectivity index (χ4n) is 2.88. The van der Waals surface area contributed by atoms with Gasteiger partial charge < -0.3 is 5.11 Å². The maximum Gasteiger partial charge on any atom is 0.337 e. The lowest BCUT2D eigenvalue weighted by molar-refractivity contribution is 0.0695. The molecule has 6 heteroatoms. The first-order chi connectivity index (χ1) is 12.9. The van der Waals surface area contributed by atoms with Gasteiger partial charge >= 0.3 is 5.97 Å². The van der Waals surface area contributed by atoms with Gasteiger partial charge in [0.05, 0.1) is 11.3 Å². The van der Waals surface area contributed by atoms with Crippen molar-refractivity contribution in [3.63, 3.8) is 0 Å². The van der Waals surface area contributed by atoms with Crippen molar-refractivity contribution in [3.05, 3.63) is 82.1 Å². The van der Waals surface area contributed by atoms with Gasteiger partial charge in [0, 0.05) is 6.92 Å². The number of nitrogens with zero attached hydrogens (tertiary/aromatic N) is 2. The van der Waals surface area contributed by atoms with E-state index in [0.29, 0.717) is 5.56 Å². The van der Waals surface area contributed by atoms with Crippen LogP contribution in [0.2, 0.25) is 0 Å². The van der Waals surface area contributed by atoms with Crippen LogP contribution < -0.4 is 5.56 Å². The van der Waals surface area contributed by atoms with Crippen LogP contribution in [0.1, 0.15) is 27.6 Å². The number of carboxylic acids is 1. The summed E-state index contributed by atoms with van der Waals surface area (Å²) >= 11 is 0. The van der Waals surface area contributed by atoms with Crippen molar-refractivity contribution in [1.82, 2.24) is 4.57 Å². The van der Waals surface area contributed by atoms with E-state index in [1.54, 1.807) is 18.2 Å². The molecule has 1 heterocycles. The van der Waals surface area contributed by atoms with Crippen molar-refractivity contribution >= 4 is 11.9 Å². The molecule has 6 nitrogen and oxygen atoms in total. The molecular formula is C21H14N2O4. The topological polar surface area (TPSA) is 100 Å². The zero-order chi connectivity index (χ0) is 19.6. The van der Waals surface area contributed by atoms with Crippen LogP contribution in [-0.4, -0.2) is 21.6 Å². The number of pyridine rings is 1. The molecule has 3 aromatic rings. The Hall–Kier alpha value is -3.98. The molecule has 3 rings (SSSR count). The summed E-state index contributed by atoms with van der Waals surface area (Å²) in [6, 6.07) is 19.4. The van der Waals surface area contributed by atoms with Gasteiger partial charge in [0.2, 0.25) is 5.91 Å². The summed E-state index contributed by atoms with van der Waals surface area (Å²) in [5.41, 5.74) is 0.622. The Morgan fingerprint density at radius 1 is 0.963 bits per heavy atom. The van der Waals surface area contributed by atoms with Crippen LogP contribution in [0.5, 0.6) is 0 Å². The number of benzene rings is 2. The van der Waals surface area contributed by atoms with Crippen molar-refractivity contribution in [1.29, 1.82) is 5.26 Å².